The highest BCUT2D eigenvalue weighted by atomic mass is 16.3. The van der Waals surface area contributed by atoms with Gasteiger partial charge in [0.15, 0.2) is 5.82 Å². The van der Waals surface area contributed by atoms with Crippen molar-refractivity contribution in [3.63, 3.8) is 0 Å². The van der Waals surface area contributed by atoms with Gasteiger partial charge in [-0.1, -0.05) is 121 Å². The van der Waals surface area contributed by atoms with Gasteiger partial charge in [-0.15, -0.1) is 0 Å². The van der Waals surface area contributed by atoms with E-state index in [1.54, 1.807) is 0 Å². The molecule has 0 saturated carbocycles. The first-order chi connectivity index (χ1) is 27.8. The van der Waals surface area contributed by atoms with Gasteiger partial charge in [0, 0.05) is 48.5 Å². The number of nitrogens with zero attached hydrogens (tertiary/aromatic N) is 5. The van der Waals surface area contributed by atoms with Crippen LogP contribution in [0, 0.1) is 0 Å². The van der Waals surface area contributed by atoms with Crippen molar-refractivity contribution in [1.29, 1.82) is 0 Å². The molecule has 0 radical (unpaired) electrons. The van der Waals surface area contributed by atoms with Crippen molar-refractivity contribution in [1.82, 2.24) is 23.5 Å². The van der Waals surface area contributed by atoms with Gasteiger partial charge in [-0.25, -0.2) is 0 Å². The Morgan fingerprint density at radius 1 is 0.375 bits per heavy atom. The third kappa shape index (κ3) is 3.39. The highest BCUT2D eigenvalue weighted by Crippen LogP contribution is 2.48. The lowest BCUT2D eigenvalue weighted by Crippen LogP contribution is -2.06. The molecule has 14 aromatic rings. The molecule has 0 aliphatic carbocycles. The molecule has 0 bridgehead atoms. The zero-order chi connectivity index (χ0) is 36.2. The first kappa shape index (κ1) is 28.8. The summed E-state index contributed by atoms with van der Waals surface area (Å²) in [5, 5.41) is 14.0. The minimum atomic E-state index is 0.553. The van der Waals surface area contributed by atoms with Gasteiger partial charge >= 0.3 is 0 Å². The fourth-order valence-electron chi connectivity index (χ4n) is 9.99. The Hall–Kier alpha value is -7.70. The fourth-order valence-corrected chi connectivity index (χ4v) is 9.99. The summed E-state index contributed by atoms with van der Waals surface area (Å²) in [7, 11) is 0. The number of hydrogen-bond donors (Lipinski definition) is 0. The standard InChI is InChI=1S/C50H27N5O/c1-2-14-29-28(13-1)25-26-41-43(29)36-27-35-32-17-5-10-22-39(32)55(46(35)44-33-18-6-11-23-40(33)53(41)47(36)44)48-45-34-19-7-12-24-42(34)56-49(45)52-50(51-48)54-37-20-8-3-15-30(37)31-16-4-9-21-38(31)54/h1-27H. The van der Waals surface area contributed by atoms with Crippen molar-refractivity contribution in [2.24, 2.45) is 0 Å². The van der Waals surface area contributed by atoms with E-state index in [-0.39, 0.29) is 0 Å². The van der Waals surface area contributed by atoms with Crippen LogP contribution in [0.4, 0.5) is 0 Å². The van der Waals surface area contributed by atoms with Crippen molar-refractivity contribution in [3.05, 3.63) is 164 Å². The fraction of sp³-hybridized carbons (Fsp3) is 0. The number of hydrogen-bond acceptors (Lipinski definition) is 3. The Morgan fingerprint density at radius 3 is 1.71 bits per heavy atom. The molecule has 0 N–H and O–H groups in total. The monoisotopic (exact) mass is 713 g/mol. The van der Waals surface area contributed by atoms with Gasteiger partial charge in [0.25, 0.3) is 0 Å². The third-order valence-electron chi connectivity index (χ3n) is 12.2. The molecule has 0 saturated heterocycles. The molecule has 6 heterocycles. The molecule has 0 fully saturated rings. The lowest BCUT2D eigenvalue weighted by Gasteiger charge is -2.13. The summed E-state index contributed by atoms with van der Waals surface area (Å²) >= 11 is 0. The number of benzene rings is 8. The second kappa shape index (κ2) is 10.1. The quantitative estimate of drug-likeness (QED) is 0.179. The average Bonchev–Trinajstić information content (AvgIpc) is 4.05. The number of fused-ring (bicyclic) bond motifs is 18. The van der Waals surface area contributed by atoms with E-state index in [9.17, 15) is 0 Å². The van der Waals surface area contributed by atoms with Crippen LogP contribution in [0.25, 0.3) is 126 Å². The summed E-state index contributed by atoms with van der Waals surface area (Å²) in [6.45, 7) is 0. The van der Waals surface area contributed by atoms with Crippen LogP contribution < -0.4 is 0 Å². The van der Waals surface area contributed by atoms with Crippen LogP contribution in [0.1, 0.15) is 0 Å². The zero-order valence-corrected chi connectivity index (χ0v) is 29.7. The van der Waals surface area contributed by atoms with E-state index >= 15 is 0 Å². The molecule has 6 heteroatoms. The highest BCUT2D eigenvalue weighted by Gasteiger charge is 2.28. The first-order valence-electron chi connectivity index (χ1n) is 19.0. The third-order valence-corrected chi connectivity index (χ3v) is 12.2. The van der Waals surface area contributed by atoms with Crippen molar-refractivity contribution in [3.8, 4) is 11.8 Å². The molecule has 14 rings (SSSR count). The average molecular weight is 714 g/mol. The van der Waals surface area contributed by atoms with Gasteiger partial charge in [-0.05, 0) is 53.2 Å². The second-order valence-electron chi connectivity index (χ2n) is 14.9. The molecule has 0 aliphatic rings. The molecular formula is C50H27N5O. The zero-order valence-electron chi connectivity index (χ0n) is 29.7. The summed E-state index contributed by atoms with van der Waals surface area (Å²) in [4.78, 5) is 10.9. The van der Waals surface area contributed by atoms with Crippen molar-refractivity contribution in [2.75, 3.05) is 0 Å². The van der Waals surface area contributed by atoms with Gasteiger partial charge in [0.1, 0.15) is 5.58 Å². The maximum atomic E-state index is 6.67. The smallest absolute Gasteiger partial charge is 0.240 e. The molecule has 0 aliphatic heterocycles. The molecule has 0 unspecified atom stereocenters. The molecule has 6 aromatic heterocycles. The summed E-state index contributed by atoms with van der Waals surface area (Å²) in [5.74, 6) is 1.35. The number of rotatable bonds is 2. The van der Waals surface area contributed by atoms with Gasteiger partial charge in [0.2, 0.25) is 11.7 Å². The Morgan fingerprint density at radius 2 is 0.964 bits per heavy atom. The van der Waals surface area contributed by atoms with Crippen LogP contribution in [0.5, 0.6) is 0 Å². The van der Waals surface area contributed by atoms with Crippen LogP contribution in [0.3, 0.4) is 0 Å². The van der Waals surface area contributed by atoms with E-state index in [0.29, 0.717) is 11.7 Å². The predicted molar refractivity (Wildman–Crippen MR) is 230 cm³/mol. The maximum Gasteiger partial charge on any atom is 0.240 e. The summed E-state index contributed by atoms with van der Waals surface area (Å²) in [6.07, 6.45) is 0. The van der Waals surface area contributed by atoms with E-state index < -0.39 is 0 Å². The van der Waals surface area contributed by atoms with Gasteiger partial charge in [0.05, 0.1) is 44.0 Å². The maximum absolute atomic E-state index is 6.67. The van der Waals surface area contributed by atoms with Crippen LogP contribution in [-0.4, -0.2) is 23.5 Å². The van der Waals surface area contributed by atoms with Crippen molar-refractivity contribution in [2.45, 2.75) is 0 Å². The largest absolute Gasteiger partial charge is 0.437 e. The van der Waals surface area contributed by atoms with Crippen LogP contribution in [0.2, 0.25) is 0 Å². The van der Waals surface area contributed by atoms with E-state index in [4.69, 9.17) is 14.4 Å². The summed E-state index contributed by atoms with van der Waals surface area (Å²) in [6, 6.07) is 58.6. The van der Waals surface area contributed by atoms with Crippen molar-refractivity contribution >= 4 is 115 Å². The number of aromatic nitrogens is 5. The minimum Gasteiger partial charge on any atom is -0.437 e. The van der Waals surface area contributed by atoms with Crippen LogP contribution in [-0.2, 0) is 0 Å². The van der Waals surface area contributed by atoms with Crippen LogP contribution in [0.15, 0.2) is 168 Å². The number of furan rings is 1. The van der Waals surface area contributed by atoms with E-state index in [2.05, 4.69) is 165 Å². The van der Waals surface area contributed by atoms with Crippen molar-refractivity contribution < 1.29 is 4.42 Å². The van der Waals surface area contributed by atoms with E-state index in [1.807, 2.05) is 12.1 Å². The topological polar surface area (TPSA) is 53.2 Å². The van der Waals surface area contributed by atoms with E-state index in [0.717, 1.165) is 55.0 Å². The molecule has 0 amide bonds. The number of para-hydroxylation sites is 5. The van der Waals surface area contributed by atoms with E-state index in [1.165, 1.54) is 59.6 Å². The molecule has 0 atom stereocenters. The van der Waals surface area contributed by atoms with Crippen LogP contribution >= 0.6 is 0 Å². The Bertz CT molecular complexity index is 3960. The first-order valence-corrected chi connectivity index (χ1v) is 19.0. The predicted octanol–water partition coefficient (Wildman–Crippen LogP) is 12.9. The molecule has 0 spiro atoms. The lowest BCUT2D eigenvalue weighted by molar-refractivity contribution is 0.650. The SMILES string of the molecule is c1ccc2c(c1)ccc1c2c2cc3c4ccccc4n(-c4nc(-n5c6ccccc6c6ccccc65)nc5oc6ccccc6c45)c3c3c4ccccc4n1c23. The normalized spacial score (nSPS) is 12.6. The molecule has 8 aromatic carbocycles. The minimum absolute atomic E-state index is 0.553. The van der Waals surface area contributed by atoms with Gasteiger partial charge in [-0.2, -0.15) is 9.97 Å². The summed E-state index contributed by atoms with van der Waals surface area (Å²) in [5.41, 5.74) is 9.25. The Kier molecular flexibility index (Phi) is 5.18. The molecule has 258 valence electrons. The van der Waals surface area contributed by atoms with Gasteiger partial charge < -0.3 is 8.82 Å². The summed E-state index contributed by atoms with van der Waals surface area (Å²) < 4.78 is 13.7. The lowest BCUT2D eigenvalue weighted by atomic mass is 10.00. The molecule has 56 heavy (non-hydrogen) atoms. The molecule has 6 nitrogen and oxygen atoms in total. The highest BCUT2D eigenvalue weighted by molar-refractivity contribution is 6.36. The second-order valence-corrected chi connectivity index (χ2v) is 14.9. The van der Waals surface area contributed by atoms with Gasteiger partial charge in [-0.3, -0.25) is 9.13 Å². The Balaban J connectivity index is 1.24. The Labute approximate surface area is 317 Å². The molecular weight excluding hydrogens is 687 g/mol.